The molecular weight excluding hydrogens is 206 g/mol. The average Bonchev–Trinajstić information content (AvgIpc) is 2.82. The van der Waals surface area contributed by atoms with Crippen LogP contribution in [0.5, 0.6) is 0 Å². The summed E-state index contributed by atoms with van der Waals surface area (Å²) < 4.78 is 0. The van der Waals surface area contributed by atoms with Gasteiger partial charge in [0.15, 0.2) is 0 Å². The minimum absolute atomic E-state index is 0.459. The summed E-state index contributed by atoms with van der Waals surface area (Å²) in [6.45, 7) is 5.94. The van der Waals surface area contributed by atoms with Crippen molar-refractivity contribution in [3.05, 3.63) is 34.9 Å². The third kappa shape index (κ3) is 1.41. The lowest BCUT2D eigenvalue weighted by atomic mass is 9.95. The molecule has 2 fully saturated rings. The molecule has 1 aromatic rings. The lowest BCUT2D eigenvalue weighted by Gasteiger charge is -2.19. The molecule has 1 nitrogen and oxygen atoms in total. The summed E-state index contributed by atoms with van der Waals surface area (Å²) in [6, 6.07) is 8.44. The van der Waals surface area contributed by atoms with Gasteiger partial charge in [0.2, 0.25) is 0 Å². The van der Waals surface area contributed by atoms with Gasteiger partial charge in [0.1, 0.15) is 0 Å². The van der Waals surface area contributed by atoms with Crippen LogP contribution in [0.3, 0.4) is 0 Å². The van der Waals surface area contributed by atoms with Crippen molar-refractivity contribution in [3.63, 3.8) is 0 Å². The van der Waals surface area contributed by atoms with Gasteiger partial charge in [-0.2, -0.15) is 0 Å². The molecule has 2 atom stereocenters. The molecule has 2 aliphatic rings. The highest BCUT2D eigenvalue weighted by Gasteiger charge is 2.60. The van der Waals surface area contributed by atoms with Crippen LogP contribution < -0.4 is 0 Å². The van der Waals surface area contributed by atoms with Crippen LogP contribution in [0.2, 0.25) is 5.02 Å². The van der Waals surface area contributed by atoms with Crippen molar-refractivity contribution >= 4 is 11.6 Å². The van der Waals surface area contributed by atoms with Crippen LogP contribution in [0.25, 0.3) is 0 Å². The number of benzene rings is 1. The number of halogens is 1. The molecule has 0 N–H and O–H groups in total. The fourth-order valence-corrected chi connectivity index (χ4v) is 3.26. The average molecular weight is 222 g/mol. The summed E-state index contributed by atoms with van der Waals surface area (Å²) in [5.41, 5.74) is 1.91. The predicted molar refractivity (Wildman–Crippen MR) is 63.4 cm³/mol. The zero-order valence-corrected chi connectivity index (χ0v) is 9.80. The van der Waals surface area contributed by atoms with E-state index in [0.717, 1.165) is 10.9 Å². The van der Waals surface area contributed by atoms with Crippen LogP contribution in [0.1, 0.15) is 18.9 Å². The second-order valence-corrected chi connectivity index (χ2v) is 5.33. The van der Waals surface area contributed by atoms with Gasteiger partial charge >= 0.3 is 0 Å². The van der Waals surface area contributed by atoms with Crippen molar-refractivity contribution < 1.29 is 0 Å². The maximum atomic E-state index is 6.06. The van der Waals surface area contributed by atoms with Gasteiger partial charge in [0.25, 0.3) is 0 Å². The number of piperidine rings is 1. The van der Waals surface area contributed by atoms with Gasteiger partial charge in [-0.3, -0.25) is 0 Å². The van der Waals surface area contributed by atoms with E-state index < -0.39 is 0 Å². The minimum atomic E-state index is 0.459. The van der Waals surface area contributed by atoms with Crippen molar-refractivity contribution in [2.24, 2.45) is 5.92 Å². The maximum absolute atomic E-state index is 6.06. The number of fused-ring (bicyclic) bond motifs is 1. The maximum Gasteiger partial charge on any atom is 0.0408 e. The zero-order chi connectivity index (χ0) is 10.5. The highest BCUT2D eigenvalue weighted by Crippen LogP contribution is 2.59. The second-order valence-electron chi connectivity index (χ2n) is 4.90. The fourth-order valence-electron chi connectivity index (χ4n) is 3.07. The van der Waals surface area contributed by atoms with Crippen LogP contribution in [0.4, 0.5) is 0 Å². The molecule has 3 rings (SSSR count). The molecule has 15 heavy (non-hydrogen) atoms. The summed E-state index contributed by atoms with van der Waals surface area (Å²) in [5.74, 6) is 0.885. The van der Waals surface area contributed by atoms with Gasteiger partial charge in [-0.25, -0.2) is 0 Å². The standard InChI is InChI=1S/C13H16ClN/c1-2-15-8-11-7-13(11,9-15)10-4-3-5-12(14)6-10/h3-6,11H,2,7-9H2,1H3. The van der Waals surface area contributed by atoms with Crippen molar-refractivity contribution in [2.45, 2.75) is 18.8 Å². The summed E-state index contributed by atoms with van der Waals surface area (Å²) in [5, 5.41) is 0.877. The Morgan fingerprint density at radius 2 is 2.40 bits per heavy atom. The molecule has 0 aromatic heterocycles. The van der Waals surface area contributed by atoms with E-state index in [2.05, 4.69) is 30.0 Å². The Balaban J connectivity index is 1.90. The quantitative estimate of drug-likeness (QED) is 0.743. The number of rotatable bonds is 2. The number of likely N-dealkylation sites (tertiary alicyclic amines) is 1. The molecular formula is C13H16ClN. The van der Waals surface area contributed by atoms with Crippen molar-refractivity contribution in [3.8, 4) is 0 Å². The van der Waals surface area contributed by atoms with E-state index in [1.165, 1.54) is 31.6 Å². The molecule has 80 valence electrons. The Morgan fingerprint density at radius 3 is 3.07 bits per heavy atom. The molecule has 1 aromatic carbocycles. The zero-order valence-electron chi connectivity index (χ0n) is 9.04. The molecule has 2 heteroatoms. The molecule has 1 aliphatic carbocycles. The first-order chi connectivity index (χ1) is 7.24. The number of hydrogen-bond acceptors (Lipinski definition) is 1. The van der Waals surface area contributed by atoms with Gasteiger partial charge in [-0.15, -0.1) is 0 Å². The SMILES string of the molecule is CCN1CC2CC2(c2cccc(Cl)c2)C1. The lowest BCUT2D eigenvalue weighted by Crippen LogP contribution is -2.26. The summed E-state index contributed by atoms with van der Waals surface area (Å²) in [6.07, 6.45) is 1.36. The number of nitrogens with zero attached hydrogens (tertiary/aromatic N) is 1. The lowest BCUT2D eigenvalue weighted by molar-refractivity contribution is 0.314. The van der Waals surface area contributed by atoms with Crippen LogP contribution in [-0.4, -0.2) is 24.5 Å². The van der Waals surface area contributed by atoms with E-state index in [1.807, 2.05) is 6.07 Å². The van der Waals surface area contributed by atoms with E-state index in [-0.39, 0.29) is 0 Å². The van der Waals surface area contributed by atoms with Crippen LogP contribution in [0, 0.1) is 5.92 Å². The van der Waals surface area contributed by atoms with Crippen molar-refractivity contribution in [1.29, 1.82) is 0 Å². The third-order valence-electron chi connectivity index (χ3n) is 4.06. The van der Waals surface area contributed by atoms with Gasteiger partial charge < -0.3 is 4.90 Å². The Morgan fingerprint density at radius 1 is 1.53 bits per heavy atom. The van der Waals surface area contributed by atoms with Crippen LogP contribution in [0.15, 0.2) is 24.3 Å². The van der Waals surface area contributed by atoms with E-state index in [4.69, 9.17) is 11.6 Å². The van der Waals surface area contributed by atoms with Crippen molar-refractivity contribution in [2.75, 3.05) is 19.6 Å². The summed E-state index contributed by atoms with van der Waals surface area (Å²) in [4.78, 5) is 2.55. The topological polar surface area (TPSA) is 3.24 Å². The number of likely N-dealkylation sites (N-methyl/N-ethyl adjacent to an activating group) is 1. The Labute approximate surface area is 96.0 Å². The van der Waals surface area contributed by atoms with E-state index >= 15 is 0 Å². The second kappa shape index (κ2) is 3.23. The Bertz CT molecular complexity index is 390. The smallest absolute Gasteiger partial charge is 0.0408 e. The van der Waals surface area contributed by atoms with E-state index in [9.17, 15) is 0 Å². The predicted octanol–water partition coefficient (Wildman–Crippen LogP) is 2.93. The first-order valence-corrected chi connectivity index (χ1v) is 6.11. The summed E-state index contributed by atoms with van der Waals surface area (Å²) >= 11 is 6.06. The Hall–Kier alpha value is -0.530. The molecule has 1 aliphatic heterocycles. The number of hydrogen-bond donors (Lipinski definition) is 0. The molecule has 0 radical (unpaired) electrons. The van der Waals surface area contributed by atoms with Crippen LogP contribution in [-0.2, 0) is 5.41 Å². The highest BCUT2D eigenvalue weighted by molar-refractivity contribution is 6.30. The van der Waals surface area contributed by atoms with E-state index in [0.29, 0.717) is 5.41 Å². The molecule has 0 amide bonds. The van der Waals surface area contributed by atoms with Crippen molar-refractivity contribution in [1.82, 2.24) is 4.90 Å². The largest absolute Gasteiger partial charge is 0.302 e. The fraction of sp³-hybridized carbons (Fsp3) is 0.538. The third-order valence-corrected chi connectivity index (χ3v) is 4.30. The first-order valence-electron chi connectivity index (χ1n) is 5.73. The molecule has 0 spiro atoms. The summed E-state index contributed by atoms with van der Waals surface area (Å²) in [7, 11) is 0. The Kier molecular flexibility index (Phi) is 2.08. The van der Waals surface area contributed by atoms with Crippen LogP contribution >= 0.6 is 11.6 Å². The van der Waals surface area contributed by atoms with Gasteiger partial charge in [-0.1, -0.05) is 30.7 Å². The molecule has 0 bridgehead atoms. The molecule has 1 saturated heterocycles. The minimum Gasteiger partial charge on any atom is -0.302 e. The van der Waals surface area contributed by atoms with E-state index in [1.54, 1.807) is 0 Å². The van der Waals surface area contributed by atoms with Gasteiger partial charge in [-0.05, 0) is 36.6 Å². The van der Waals surface area contributed by atoms with Gasteiger partial charge in [0, 0.05) is 23.5 Å². The first kappa shape index (κ1) is 9.68. The molecule has 1 saturated carbocycles. The van der Waals surface area contributed by atoms with Gasteiger partial charge in [0.05, 0.1) is 0 Å². The molecule has 1 heterocycles. The highest BCUT2D eigenvalue weighted by atomic mass is 35.5. The normalized spacial score (nSPS) is 34.1. The molecule has 2 unspecified atom stereocenters. The monoisotopic (exact) mass is 221 g/mol.